The molecule has 0 saturated carbocycles. The lowest BCUT2D eigenvalue weighted by Gasteiger charge is -2.34. The van der Waals surface area contributed by atoms with Gasteiger partial charge in [0.2, 0.25) is 0 Å². The van der Waals surface area contributed by atoms with Gasteiger partial charge < -0.3 is 19.2 Å². The number of hydrogen-bond donors (Lipinski definition) is 1. The van der Waals surface area contributed by atoms with Gasteiger partial charge in [-0.3, -0.25) is 0 Å². The van der Waals surface area contributed by atoms with E-state index in [1.807, 2.05) is 42.2 Å². The topological polar surface area (TPSA) is 84.8 Å². The van der Waals surface area contributed by atoms with Crippen molar-refractivity contribution in [3.05, 3.63) is 55.1 Å². The first-order chi connectivity index (χ1) is 15.7. The van der Waals surface area contributed by atoms with Crippen molar-refractivity contribution in [1.29, 1.82) is 0 Å². The number of nitrogens with zero attached hydrogens (tertiary/aromatic N) is 6. The minimum absolute atomic E-state index is 0.194. The molecule has 0 radical (unpaired) electrons. The molecule has 1 N–H and O–H groups in total. The zero-order chi connectivity index (χ0) is 21.7. The van der Waals surface area contributed by atoms with E-state index in [0.29, 0.717) is 19.0 Å². The number of imidazole rings is 1. The maximum atomic E-state index is 5.68. The van der Waals surface area contributed by atoms with Gasteiger partial charge in [-0.25, -0.2) is 19.9 Å². The van der Waals surface area contributed by atoms with Gasteiger partial charge in [-0.15, -0.1) is 0 Å². The number of fused-ring (bicyclic) bond motifs is 2. The molecule has 4 aromatic heterocycles. The number of pyridine rings is 1. The van der Waals surface area contributed by atoms with Crippen molar-refractivity contribution in [3.8, 4) is 22.8 Å². The van der Waals surface area contributed by atoms with Gasteiger partial charge >= 0.3 is 0 Å². The molecule has 6 rings (SSSR count). The molecular formula is C24H23N7O. The predicted octanol–water partition coefficient (Wildman–Crippen LogP) is 3.80. The van der Waals surface area contributed by atoms with Crippen molar-refractivity contribution < 1.29 is 4.74 Å². The number of aromatic nitrogens is 6. The smallest absolute Gasteiger partial charge is 0.162 e. The number of morpholine rings is 1. The van der Waals surface area contributed by atoms with Crippen LogP contribution in [-0.2, 0) is 11.8 Å². The van der Waals surface area contributed by atoms with E-state index in [1.165, 1.54) is 0 Å². The number of ether oxygens (including phenoxy) is 1. The lowest BCUT2D eigenvalue weighted by atomic mass is 10.1. The highest BCUT2D eigenvalue weighted by Crippen LogP contribution is 2.32. The summed E-state index contributed by atoms with van der Waals surface area (Å²) in [5.41, 5.74) is 5.49. The monoisotopic (exact) mass is 425 g/mol. The second-order valence-corrected chi connectivity index (χ2v) is 8.19. The summed E-state index contributed by atoms with van der Waals surface area (Å²) >= 11 is 0. The molecule has 8 heteroatoms. The zero-order valence-corrected chi connectivity index (χ0v) is 18.0. The standard InChI is InChI=1S/C24H23N7O/c1-15-13-32-11-10-31(15)24-22-20(7-6-19(27-22)21-12-25-14-30(21)2)28-23(29-24)17-4-3-5-18-16(17)8-9-26-18/h3-9,12,14-15,26H,10-11,13H2,1-2H3/t15-/m1/s1. The average Bonchev–Trinajstić information content (AvgIpc) is 3.47. The van der Waals surface area contributed by atoms with Crippen molar-refractivity contribution in [2.24, 2.45) is 7.05 Å². The Kier molecular flexibility index (Phi) is 4.39. The van der Waals surface area contributed by atoms with Gasteiger partial charge in [0.1, 0.15) is 5.52 Å². The van der Waals surface area contributed by atoms with E-state index in [2.05, 4.69) is 40.0 Å². The van der Waals surface area contributed by atoms with Crippen LogP contribution in [-0.4, -0.2) is 55.3 Å². The molecule has 8 nitrogen and oxygen atoms in total. The minimum atomic E-state index is 0.194. The van der Waals surface area contributed by atoms with Gasteiger partial charge in [-0.1, -0.05) is 12.1 Å². The first-order valence-electron chi connectivity index (χ1n) is 10.8. The van der Waals surface area contributed by atoms with Crippen molar-refractivity contribution in [3.63, 3.8) is 0 Å². The molecule has 0 spiro atoms. The third-order valence-electron chi connectivity index (χ3n) is 6.08. The number of aryl methyl sites for hydroxylation is 1. The molecule has 160 valence electrons. The van der Waals surface area contributed by atoms with Gasteiger partial charge in [0.25, 0.3) is 0 Å². The average molecular weight is 425 g/mol. The first kappa shape index (κ1) is 18.9. The molecule has 1 aliphatic heterocycles. The normalized spacial score (nSPS) is 16.8. The van der Waals surface area contributed by atoms with Gasteiger partial charge in [-0.2, -0.15) is 0 Å². The molecule has 5 heterocycles. The molecule has 0 unspecified atom stereocenters. The van der Waals surface area contributed by atoms with Crippen molar-refractivity contribution in [2.75, 3.05) is 24.7 Å². The molecule has 5 aromatic rings. The quantitative estimate of drug-likeness (QED) is 0.473. The number of nitrogens with one attached hydrogen (secondary N) is 1. The summed E-state index contributed by atoms with van der Waals surface area (Å²) in [5.74, 6) is 1.55. The van der Waals surface area contributed by atoms with Gasteiger partial charge in [0.15, 0.2) is 11.6 Å². The molecule has 0 aliphatic carbocycles. The van der Waals surface area contributed by atoms with Crippen LogP contribution >= 0.6 is 0 Å². The van der Waals surface area contributed by atoms with E-state index in [1.54, 1.807) is 6.33 Å². The number of hydrogen-bond acceptors (Lipinski definition) is 6. The van der Waals surface area contributed by atoms with Crippen LogP contribution in [0.5, 0.6) is 0 Å². The molecule has 1 atom stereocenters. The lowest BCUT2D eigenvalue weighted by molar-refractivity contribution is 0.0987. The van der Waals surface area contributed by atoms with Crippen LogP contribution in [0.25, 0.3) is 44.7 Å². The van der Waals surface area contributed by atoms with Crippen molar-refractivity contribution in [2.45, 2.75) is 13.0 Å². The van der Waals surface area contributed by atoms with Gasteiger partial charge in [0.05, 0.1) is 48.7 Å². The zero-order valence-electron chi connectivity index (χ0n) is 18.0. The van der Waals surface area contributed by atoms with Crippen LogP contribution < -0.4 is 4.90 Å². The summed E-state index contributed by atoms with van der Waals surface area (Å²) in [4.78, 5) is 24.8. The van der Waals surface area contributed by atoms with Crippen LogP contribution in [0.2, 0.25) is 0 Å². The fraction of sp³-hybridized carbons (Fsp3) is 0.250. The van der Waals surface area contributed by atoms with Crippen LogP contribution in [0, 0.1) is 0 Å². The highest BCUT2D eigenvalue weighted by molar-refractivity contribution is 5.96. The van der Waals surface area contributed by atoms with E-state index in [4.69, 9.17) is 19.7 Å². The van der Waals surface area contributed by atoms with Crippen LogP contribution in [0.15, 0.2) is 55.1 Å². The van der Waals surface area contributed by atoms with E-state index in [0.717, 1.165) is 51.3 Å². The number of anilines is 1. The van der Waals surface area contributed by atoms with Crippen molar-refractivity contribution >= 4 is 27.8 Å². The molecule has 0 bridgehead atoms. The molecule has 32 heavy (non-hydrogen) atoms. The second kappa shape index (κ2) is 7.42. The minimum Gasteiger partial charge on any atom is -0.377 e. The van der Waals surface area contributed by atoms with E-state index in [9.17, 15) is 0 Å². The first-order valence-corrected chi connectivity index (χ1v) is 10.8. The van der Waals surface area contributed by atoms with Gasteiger partial charge in [-0.05, 0) is 31.2 Å². The fourth-order valence-electron chi connectivity index (χ4n) is 4.39. The number of rotatable bonds is 3. The summed E-state index contributed by atoms with van der Waals surface area (Å²) in [7, 11) is 1.97. The molecule has 0 amide bonds. The number of benzene rings is 1. The highest BCUT2D eigenvalue weighted by atomic mass is 16.5. The highest BCUT2D eigenvalue weighted by Gasteiger charge is 2.25. The third kappa shape index (κ3) is 3.03. The SMILES string of the molecule is C[C@@H]1COCCN1c1nc(-c2cccc3[nH]ccc23)nc2ccc(-c3cncn3C)nc12. The number of H-pyrrole nitrogens is 1. The van der Waals surface area contributed by atoms with E-state index < -0.39 is 0 Å². The summed E-state index contributed by atoms with van der Waals surface area (Å²) in [6.45, 7) is 4.25. The van der Waals surface area contributed by atoms with E-state index >= 15 is 0 Å². The lowest BCUT2D eigenvalue weighted by Crippen LogP contribution is -2.44. The Morgan fingerprint density at radius 3 is 2.88 bits per heavy atom. The summed E-state index contributed by atoms with van der Waals surface area (Å²) in [5, 5.41) is 1.10. The Hall–Kier alpha value is -3.78. The van der Waals surface area contributed by atoms with Crippen LogP contribution in [0.4, 0.5) is 5.82 Å². The third-order valence-corrected chi connectivity index (χ3v) is 6.08. The summed E-state index contributed by atoms with van der Waals surface area (Å²) in [6, 6.07) is 12.5. The Labute approximate surface area is 184 Å². The Balaban J connectivity index is 1.60. The summed E-state index contributed by atoms with van der Waals surface area (Å²) in [6.07, 6.45) is 5.55. The molecular weight excluding hydrogens is 402 g/mol. The van der Waals surface area contributed by atoms with Crippen LogP contribution in [0.1, 0.15) is 6.92 Å². The molecule has 1 aliphatic rings. The fourth-order valence-corrected chi connectivity index (χ4v) is 4.39. The predicted molar refractivity (Wildman–Crippen MR) is 124 cm³/mol. The Morgan fingerprint density at radius 2 is 2.03 bits per heavy atom. The largest absolute Gasteiger partial charge is 0.377 e. The maximum absolute atomic E-state index is 5.68. The Bertz CT molecular complexity index is 1440. The second-order valence-electron chi connectivity index (χ2n) is 8.19. The van der Waals surface area contributed by atoms with Crippen LogP contribution in [0.3, 0.4) is 0 Å². The summed E-state index contributed by atoms with van der Waals surface area (Å²) < 4.78 is 7.65. The van der Waals surface area contributed by atoms with Gasteiger partial charge in [0, 0.05) is 36.3 Å². The molecule has 1 aromatic carbocycles. The Morgan fingerprint density at radius 1 is 1.09 bits per heavy atom. The molecule has 1 saturated heterocycles. The van der Waals surface area contributed by atoms with Crippen molar-refractivity contribution in [1.82, 2.24) is 29.5 Å². The maximum Gasteiger partial charge on any atom is 0.162 e. The van der Waals surface area contributed by atoms with E-state index in [-0.39, 0.29) is 6.04 Å². The number of aromatic amines is 1. The molecule has 1 fully saturated rings.